The summed E-state index contributed by atoms with van der Waals surface area (Å²) in [7, 11) is 1.60. The molecule has 0 rings (SSSR count). The second kappa shape index (κ2) is 3.46. The minimum atomic E-state index is 0.441. The summed E-state index contributed by atoms with van der Waals surface area (Å²) < 4.78 is 0. The van der Waals surface area contributed by atoms with Gasteiger partial charge in [0.05, 0.1) is 6.54 Å². The zero-order valence-electron chi connectivity index (χ0n) is 4.60. The lowest BCUT2D eigenvalue weighted by Gasteiger charge is -1.81. The van der Waals surface area contributed by atoms with Gasteiger partial charge in [-0.15, -0.1) is 0 Å². The molecule has 3 heteroatoms. The summed E-state index contributed by atoms with van der Waals surface area (Å²) in [4.78, 5) is 0. The number of rotatable bonds is 2. The van der Waals surface area contributed by atoms with E-state index in [9.17, 15) is 0 Å². The van der Waals surface area contributed by atoms with Crippen molar-refractivity contribution in [1.29, 1.82) is 5.41 Å². The third kappa shape index (κ3) is 5.27. The molecule has 0 saturated carbocycles. The molecule has 1 N–H and O–H groups in total. The van der Waals surface area contributed by atoms with Gasteiger partial charge in [0.2, 0.25) is 0 Å². The van der Waals surface area contributed by atoms with Crippen molar-refractivity contribution in [3.63, 3.8) is 0 Å². The van der Waals surface area contributed by atoms with Gasteiger partial charge in [0.25, 0.3) is 0 Å². The van der Waals surface area contributed by atoms with Crippen molar-refractivity contribution < 1.29 is 0 Å². The van der Waals surface area contributed by atoms with Crippen molar-refractivity contribution in [2.75, 3.05) is 13.6 Å². The first-order chi connectivity index (χ1) is 3.27. The summed E-state index contributed by atoms with van der Waals surface area (Å²) in [5.74, 6) is 0. The fraction of sp³-hybridized carbons (Fsp3) is 0.750. The van der Waals surface area contributed by atoms with Crippen LogP contribution >= 0.6 is 0 Å². The quantitative estimate of drug-likeness (QED) is 0.398. The van der Waals surface area contributed by atoms with E-state index in [1.165, 1.54) is 0 Å². The molecule has 0 aliphatic rings. The van der Waals surface area contributed by atoms with Crippen molar-refractivity contribution in [3.05, 3.63) is 0 Å². The molecule has 0 bridgehead atoms. The lowest BCUT2D eigenvalue weighted by atomic mass is 10.4. The van der Waals surface area contributed by atoms with Gasteiger partial charge in [-0.05, 0) is 6.92 Å². The van der Waals surface area contributed by atoms with Crippen LogP contribution in [0.5, 0.6) is 0 Å². The average molecular weight is 99.1 g/mol. The zero-order chi connectivity index (χ0) is 5.70. The molecule has 0 aromatic rings. The molecular weight excluding hydrogens is 90.1 g/mol. The summed E-state index contributed by atoms with van der Waals surface area (Å²) in [6.07, 6.45) is 0. The molecule has 7 heavy (non-hydrogen) atoms. The molecule has 0 fully saturated rings. The standard InChI is InChI=1S/C4H9N3/c1-4(5)3-7-6-2/h5H,3H2,1-2H3. The van der Waals surface area contributed by atoms with Gasteiger partial charge in [-0.3, -0.25) is 0 Å². The molecule has 0 aliphatic carbocycles. The van der Waals surface area contributed by atoms with E-state index < -0.39 is 0 Å². The summed E-state index contributed by atoms with van der Waals surface area (Å²) in [5, 5.41) is 13.9. The highest BCUT2D eigenvalue weighted by molar-refractivity contribution is 5.80. The summed E-state index contributed by atoms with van der Waals surface area (Å²) >= 11 is 0. The van der Waals surface area contributed by atoms with Crippen molar-refractivity contribution >= 4 is 5.71 Å². The number of nitrogens with zero attached hydrogens (tertiary/aromatic N) is 2. The molecule has 0 aliphatic heterocycles. The third-order valence-corrected chi connectivity index (χ3v) is 0.449. The van der Waals surface area contributed by atoms with E-state index in [-0.39, 0.29) is 0 Å². The Labute approximate surface area is 43.0 Å². The lowest BCUT2D eigenvalue weighted by Crippen LogP contribution is -1.90. The molecule has 0 unspecified atom stereocenters. The average Bonchev–Trinajstić information content (AvgIpc) is 1.61. The third-order valence-electron chi connectivity index (χ3n) is 0.449. The van der Waals surface area contributed by atoms with Gasteiger partial charge >= 0.3 is 0 Å². The first-order valence-electron chi connectivity index (χ1n) is 2.07. The highest BCUT2D eigenvalue weighted by Crippen LogP contribution is 1.72. The van der Waals surface area contributed by atoms with Crippen LogP contribution in [-0.4, -0.2) is 19.3 Å². The van der Waals surface area contributed by atoms with Crippen molar-refractivity contribution in [2.45, 2.75) is 6.92 Å². The number of nitrogens with one attached hydrogen (secondary N) is 1. The monoisotopic (exact) mass is 99.1 g/mol. The second-order valence-corrected chi connectivity index (χ2v) is 1.28. The Morgan fingerprint density at radius 3 is 2.43 bits per heavy atom. The van der Waals surface area contributed by atoms with Gasteiger partial charge in [-0.1, -0.05) is 0 Å². The highest BCUT2D eigenvalue weighted by atomic mass is 15.1. The molecule has 3 nitrogen and oxygen atoms in total. The van der Waals surface area contributed by atoms with Crippen LogP contribution < -0.4 is 0 Å². The van der Waals surface area contributed by atoms with Gasteiger partial charge in [-0.2, -0.15) is 10.2 Å². The van der Waals surface area contributed by atoms with Crippen LogP contribution in [0.4, 0.5) is 0 Å². The molecule has 0 amide bonds. The van der Waals surface area contributed by atoms with Crippen LogP contribution in [0.3, 0.4) is 0 Å². The van der Waals surface area contributed by atoms with Crippen LogP contribution in [0, 0.1) is 5.41 Å². The van der Waals surface area contributed by atoms with E-state index in [1.807, 2.05) is 0 Å². The van der Waals surface area contributed by atoms with Gasteiger partial charge in [0.15, 0.2) is 0 Å². The molecule has 0 aromatic carbocycles. The Balaban J connectivity index is 3.14. The van der Waals surface area contributed by atoms with E-state index in [2.05, 4.69) is 10.2 Å². The van der Waals surface area contributed by atoms with Crippen LogP contribution in [0.2, 0.25) is 0 Å². The molecule has 0 spiro atoms. The lowest BCUT2D eigenvalue weighted by molar-refractivity contribution is 1.05. The maximum Gasteiger partial charge on any atom is 0.0971 e. The largest absolute Gasteiger partial charge is 0.308 e. The van der Waals surface area contributed by atoms with Gasteiger partial charge < -0.3 is 5.41 Å². The van der Waals surface area contributed by atoms with Crippen LogP contribution in [0.15, 0.2) is 10.2 Å². The number of hydrogen-bond acceptors (Lipinski definition) is 3. The zero-order valence-corrected chi connectivity index (χ0v) is 4.60. The normalized spacial score (nSPS) is 10.0. The van der Waals surface area contributed by atoms with E-state index in [1.54, 1.807) is 14.0 Å². The Kier molecular flexibility index (Phi) is 3.10. The molecule has 0 radical (unpaired) electrons. The van der Waals surface area contributed by atoms with Gasteiger partial charge in [0, 0.05) is 12.8 Å². The second-order valence-electron chi connectivity index (χ2n) is 1.28. The molecular formula is C4H9N3. The fourth-order valence-electron chi connectivity index (χ4n) is 0.177. The predicted molar refractivity (Wildman–Crippen MR) is 29.0 cm³/mol. The minimum absolute atomic E-state index is 0.441. The van der Waals surface area contributed by atoms with Crippen LogP contribution in [0.25, 0.3) is 0 Å². The van der Waals surface area contributed by atoms with Gasteiger partial charge in [-0.25, -0.2) is 0 Å². The smallest absolute Gasteiger partial charge is 0.0971 e. The minimum Gasteiger partial charge on any atom is -0.308 e. The van der Waals surface area contributed by atoms with E-state index in [0.717, 1.165) is 0 Å². The summed E-state index contributed by atoms with van der Waals surface area (Å²) in [6, 6.07) is 0. The SMILES string of the molecule is CN=NCC(C)=N. The molecule has 40 valence electrons. The van der Waals surface area contributed by atoms with Crippen molar-refractivity contribution in [1.82, 2.24) is 0 Å². The number of azo groups is 1. The molecule has 0 atom stereocenters. The van der Waals surface area contributed by atoms with E-state index >= 15 is 0 Å². The highest BCUT2D eigenvalue weighted by Gasteiger charge is 1.78. The molecule has 0 heterocycles. The predicted octanol–water partition coefficient (Wildman–Crippen LogP) is 1.11. The fourth-order valence-corrected chi connectivity index (χ4v) is 0.177. The Hall–Kier alpha value is -0.730. The molecule has 0 aromatic heterocycles. The topological polar surface area (TPSA) is 48.6 Å². The van der Waals surface area contributed by atoms with Crippen LogP contribution in [-0.2, 0) is 0 Å². The Morgan fingerprint density at radius 2 is 2.29 bits per heavy atom. The van der Waals surface area contributed by atoms with E-state index in [0.29, 0.717) is 12.3 Å². The Morgan fingerprint density at radius 1 is 1.71 bits per heavy atom. The maximum absolute atomic E-state index is 6.84. The summed E-state index contributed by atoms with van der Waals surface area (Å²) in [5.41, 5.74) is 0.547. The van der Waals surface area contributed by atoms with Gasteiger partial charge in [0.1, 0.15) is 0 Å². The van der Waals surface area contributed by atoms with Crippen LogP contribution in [0.1, 0.15) is 6.92 Å². The maximum atomic E-state index is 6.84. The van der Waals surface area contributed by atoms with E-state index in [4.69, 9.17) is 5.41 Å². The van der Waals surface area contributed by atoms with Crippen molar-refractivity contribution in [2.24, 2.45) is 10.2 Å². The van der Waals surface area contributed by atoms with Crippen molar-refractivity contribution in [3.8, 4) is 0 Å². The Bertz CT molecular complexity index is 84.9. The first kappa shape index (κ1) is 6.27. The number of hydrogen-bond donors (Lipinski definition) is 1. The first-order valence-corrected chi connectivity index (χ1v) is 2.07. The summed E-state index contributed by atoms with van der Waals surface area (Å²) in [6.45, 7) is 2.14. The molecule has 0 saturated heterocycles.